The van der Waals surface area contributed by atoms with Gasteiger partial charge in [0.05, 0.1) is 34.9 Å². The predicted octanol–water partition coefficient (Wildman–Crippen LogP) is 4.08. The molecule has 32 heavy (non-hydrogen) atoms. The van der Waals surface area contributed by atoms with Gasteiger partial charge in [-0.15, -0.1) is 21.5 Å². The van der Waals surface area contributed by atoms with Crippen LogP contribution >= 0.6 is 34.9 Å². The van der Waals surface area contributed by atoms with Gasteiger partial charge >= 0.3 is 0 Å². The van der Waals surface area contributed by atoms with Crippen molar-refractivity contribution in [2.75, 3.05) is 26.0 Å². The number of carbonyl (C=O) groups excluding carboxylic acids is 1. The zero-order valence-electron chi connectivity index (χ0n) is 17.6. The van der Waals surface area contributed by atoms with Gasteiger partial charge in [0, 0.05) is 13.7 Å². The van der Waals surface area contributed by atoms with Crippen molar-refractivity contribution >= 4 is 51.0 Å². The van der Waals surface area contributed by atoms with Crippen LogP contribution in [0.5, 0.6) is 0 Å². The molecule has 2 aromatic heterocycles. The number of nitrogens with zero attached hydrogens (tertiary/aromatic N) is 4. The van der Waals surface area contributed by atoms with Gasteiger partial charge in [-0.1, -0.05) is 66.0 Å². The normalized spacial score (nSPS) is 11.2. The van der Waals surface area contributed by atoms with Crippen molar-refractivity contribution in [3.05, 3.63) is 66.0 Å². The molecule has 0 fully saturated rings. The molecule has 7 nitrogen and oxygen atoms in total. The number of methoxy groups -OCH3 is 1. The first-order valence-corrected chi connectivity index (χ1v) is 12.8. The van der Waals surface area contributed by atoms with E-state index in [2.05, 4.69) is 38.3 Å². The SMILES string of the molecule is COCCNC(=O)CSc1nnc(CSc2nc3ccccc3s2)n1Cc1ccccc1. The molecule has 1 amide bonds. The molecule has 0 aliphatic rings. The number of ether oxygens (including phenoxy) is 1. The Morgan fingerprint density at radius 1 is 1.09 bits per heavy atom. The number of hydrogen-bond acceptors (Lipinski definition) is 8. The zero-order chi connectivity index (χ0) is 22.2. The molecule has 0 spiro atoms. The molecule has 0 radical (unpaired) electrons. The third-order valence-electron chi connectivity index (χ3n) is 4.54. The van der Waals surface area contributed by atoms with E-state index in [0.717, 1.165) is 26.4 Å². The Balaban J connectivity index is 1.47. The minimum atomic E-state index is -0.0493. The van der Waals surface area contributed by atoms with E-state index in [0.29, 0.717) is 25.4 Å². The number of benzene rings is 2. The highest BCUT2D eigenvalue weighted by Crippen LogP contribution is 2.31. The summed E-state index contributed by atoms with van der Waals surface area (Å²) in [6, 6.07) is 18.3. The van der Waals surface area contributed by atoms with Gasteiger partial charge in [-0.05, 0) is 17.7 Å². The van der Waals surface area contributed by atoms with Gasteiger partial charge in [0.15, 0.2) is 9.50 Å². The molecule has 0 bridgehead atoms. The lowest BCUT2D eigenvalue weighted by Gasteiger charge is -2.10. The molecule has 0 aliphatic heterocycles. The smallest absolute Gasteiger partial charge is 0.230 e. The van der Waals surface area contributed by atoms with Crippen molar-refractivity contribution in [3.8, 4) is 0 Å². The molecule has 10 heteroatoms. The molecule has 0 aliphatic carbocycles. The minimum absolute atomic E-state index is 0.0493. The van der Waals surface area contributed by atoms with Crippen LogP contribution in [0, 0.1) is 0 Å². The monoisotopic (exact) mass is 485 g/mol. The maximum absolute atomic E-state index is 12.1. The highest BCUT2D eigenvalue weighted by atomic mass is 32.2. The van der Waals surface area contributed by atoms with Gasteiger partial charge in [0.1, 0.15) is 5.82 Å². The van der Waals surface area contributed by atoms with Gasteiger partial charge in [0.25, 0.3) is 0 Å². The Morgan fingerprint density at radius 3 is 2.72 bits per heavy atom. The lowest BCUT2D eigenvalue weighted by atomic mass is 10.2. The predicted molar refractivity (Wildman–Crippen MR) is 130 cm³/mol. The number of thioether (sulfide) groups is 2. The molecule has 2 aromatic carbocycles. The van der Waals surface area contributed by atoms with E-state index < -0.39 is 0 Å². The summed E-state index contributed by atoms with van der Waals surface area (Å²) in [4.78, 5) is 16.8. The van der Waals surface area contributed by atoms with E-state index in [1.165, 1.54) is 16.5 Å². The number of hydrogen-bond donors (Lipinski definition) is 1. The van der Waals surface area contributed by atoms with Crippen LogP contribution in [-0.4, -0.2) is 51.7 Å². The first-order chi connectivity index (χ1) is 15.7. The summed E-state index contributed by atoms with van der Waals surface area (Å²) in [5.41, 5.74) is 2.17. The molecular formula is C22H23N5O2S3. The fourth-order valence-corrected chi connectivity index (χ4v) is 5.76. The lowest BCUT2D eigenvalue weighted by molar-refractivity contribution is -0.118. The van der Waals surface area contributed by atoms with Crippen LogP contribution in [0.15, 0.2) is 64.1 Å². The van der Waals surface area contributed by atoms with E-state index in [1.807, 2.05) is 36.4 Å². The average molecular weight is 486 g/mol. The van der Waals surface area contributed by atoms with Gasteiger partial charge < -0.3 is 14.6 Å². The molecular weight excluding hydrogens is 462 g/mol. The molecule has 4 rings (SSSR count). The standard InChI is InChI=1S/C22H23N5O2S3/c1-29-12-11-23-20(28)15-30-21-26-25-19(27(21)13-16-7-3-2-4-8-16)14-31-22-24-17-9-5-6-10-18(17)32-22/h2-10H,11-15H2,1H3,(H,23,28). The van der Waals surface area contributed by atoms with E-state index >= 15 is 0 Å². The van der Waals surface area contributed by atoms with Crippen molar-refractivity contribution in [1.29, 1.82) is 0 Å². The van der Waals surface area contributed by atoms with Crippen LogP contribution in [0.25, 0.3) is 10.2 Å². The van der Waals surface area contributed by atoms with Crippen LogP contribution in [0.3, 0.4) is 0 Å². The maximum Gasteiger partial charge on any atom is 0.230 e. The Kier molecular flexibility index (Phi) is 8.16. The molecule has 0 saturated carbocycles. The molecule has 4 aromatic rings. The lowest BCUT2D eigenvalue weighted by Crippen LogP contribution is -2.28. The van der Waals surface area contributed by atoms with Gasteiger partial charge in [0.2, 0.25) is 5.91 Å². The van der Waals surface area contributed by atoms with Crippen molar-refractivity contribution in [1.82, 2.24) is 25.1 Å². The van der Waals surface area contributed by atoms with Crippen LogP contribution in [0.1, 0.15) is 11.4 Å². The molecule has 1 N–H and O–H groups in total. The van der Waals surface area contributed by atoms with E-state index in [9.17, 15) is 4.79 Å². The summed E-state index contributed by atoms with van der Waals surface area (Å²) in [6.07, 6.45) is 0. The molecule has 166 valence electrons. The minimum Gasteiger partial charge on any atom is -0.383 e. The highest BCUT2D eigenvalue weighted by molar-refractivity contribution is 8.00. The molecule has 0 atom stereocenters. The van der Waals surface area contributed by atoms with Gasteiger partial charge in [-0.2, -0.15) is 0 Å². The third kappa shape index (κ3) is 6.10. The molecule has 2 heterocycles. The summed E-state index contributed by atoms with van der Waals surface area (Å²) < 4.78 is 9.24. The van der Waals surface area contributed by atoms with Crippen molar-refractivity contribution in [3.63, 3.8) is 0 Å². The van der Waals surface area contributed by atoms with Crippen molar-refractivity contribution in [2.45, 2.75) is 21.8 Å². The second-order valence-electron chi connectivity index (χ2n) is 6.84. The van der Waals surface area contributed by atoms with Crippen LogP contribution in [0.2, 0.25) is 0 Å². The molecule has 0 unspecified atom stereocenters. The Hall–Kier alpha value is -2.40. The fourth-order valence-electron chi connectivity index (χ4n) is 2.97. The first-order valence-electron chi connectivity index (χ1n) is 10.1. The number of carbonyl (C=O) groups is 1. The van der Waals surface area contributed by atoms with Gasteiger partial charge in [-0.25, -0.2) is 4.98 Å². The molecule has 0 saturated heterocycles. The average Bonchev–Trinajstić information content (AvgIpc) is 3.40. The fraction of sp³-hybridized carbons (Fsp3) is 0.273. The number of para-hydroxylation sites is 1. The first kappa shape index (κ1) is 22.8. The highest BCUT2D eigenvalue weighted by Gasteiger charge is 2.16. The Bertz CT molecular complexity index is 1130. The second-order valence-corrected chi connectivity index (χ2v) is 10.0. The third-order valence-corrected chi connectivity index (χ3v) is 7.68. The summed E-state index contributed by atoms with van der Waals surface area (Å²) in [5.74, 6) is 1.74. The van der Waals surface area contributed by atoms with Crippen molar-refractivity contribution in [2.24, 2.45) is 0 Å². The second kappa shape index (κ2) is 11.5. The zero-order valence-corrected chi connectivity index (χ0v) is 20.0. The maximum atomic E-state index is 12.1. The quantitative estimate of drug-likeness (QED) is 0.253. The van der Waals surface area contributed by atoms with E-state index in [4.69, 9.17) is 9.72 Å². The topological polar surface area (TPSA) is 81.9 Å². The summed E-state index contributed by atoms with van der Waals surface area (Å²) in [5, 5.41) is 12.4. The number of rotatable bonds is 11. The van der Waals surface area contributed by atoms with Gasteiger partial charge in [-0.3, -0.25) is 4.79 Å². The largest absolute Gasteiger partial charge is 0.383 e. The number of aromatic nitrogens is 4. The number of thiazole rings is 1. The summed E-state index contributed by atoms with van der Waals surface area (Å²) in [6.45, 7) is 1.64. The number of amides is 1. The number of fused-ring (bicyclic) bond motifs is 1. The Labute approximate surface area is 199 Å². The van der Waals surface area contributed by atoms with Crippen molar-refractivity contribution < 1.29 is 9.53 Å². The Morgan fingerprint density at radius 2 is 1.91 bits per heavy atom. The van der Waals surface area contributed by atoms with Crippen LogP contribution in [0.4, 0.5) is 0 Å². The van der Waals surface area contributed by atoms with Crippen LogP contribution < -0.4 is 5.32 Å². The summed E-state index contributed by atoms with van der Waals surface area (Å²) >= 11 is 4.73. The number of nitrogens with one attached hydrogen (secondary N) is 1. The van der Waals surface area contributed by atoms with E-state index in [1.54, 1.807) is 30.2 Å². The van der Waals surface area contributed by atoms with E-state index in [-0.39, 0.29) is 11.7 Å². The summed E-state index contributed by atoms with van der Waals surface area (Å²) in [7, 11) is 1.61. The van der Waals surface area contributed by atoms with Crippen LogP contribution in [-0.2, 0) is 21.8 Å².